The summed E-state index contributed by atoms with van der Waals surface area (Å²) in [5.41, 5.74) is -1.18. The molecular weight excluding hydrogens is 261 g/mol. The maximum Gasteiger partial charge on any atom is 0.319 e. The van der Waals surface area contributed by atoms with Gasteiger partial charge < -0.3 is 15.7 Å². The van der Waals surface area contributed by atoms with Crippen LogP contribution in [0.4, 0.5) is 23.7 Å². The fraction of sp³-hybridized carbons (Fsp3) is 0.417. The van der Waals surface area contributed by atoms with Crippen LogP contribution in [-0.2, 0) is 0 Å². The van der Waals surface area contributed by atoms with Gasteiger partial charge in [-0.1, -0.05) is 0 Å². The van der Waals surface area contributed by atoms with Crippen LogP contribution in [0, 0.1) is 17.5 Å². The minimum atomic E-state index is -1.33. The van der Waals surface area contributed by atoms with Crippen LogP contribution in [0.15, 0.2) is 12.1 Å². The van der Waals surface area contributed by atoms with Gasteiger partial charge in [0.25, 0.3) is 0 Å². The minimum absolute atomic E-state index is 0.132. The van der Waals surface area contributed by atoms with Crippen molar-refractivity contribution in [3.8, 4) is 0 Å². The predicted molar refractivity (Wildman–Crippen MR) is 64.3 cm³/mol. The third-order valence-electron chi connectivity index (χ3n) is 2.45. The number of hydrogen-bond donors (Lipinski definition) is 3. The summed E-state index contributed by atoms with van der Waals surface area (Å²) in [5.74, 6) is -3.66. The molecule has 3 N–H and O–H groups in total. The highest BCUT2D eigenvalue weighted by atomic mass is 19.2. The molecule has 0 fully saturated rings. The Balaban J connectivity index is 2.75. The molecule has 2 amide bonds. The van der Waals surface area contributed by atoms with Gasteiger partial charge in [-0.25, -0.2) is 18.0 Å². The zero-order valence-electron chi connectivity index (χ0n) is 10.6. The number of rotatable bonds is 4. The van der Waals surface area contributed by atoms with Crippen molar-refractivity contribution in [2.75, 3.05) is 11.9 Å². The molecule has 0 atom stereocenters. The number of hydrogen-bond acceptors (Lipinski definition) is 2. The lowest BCUT2D eigenvalue weighted by atomic mass is 10.0. The summed E-state index contributed by atoms with van der Waals surface area (Å²) in [6.45, 7) is 3.18. The fourth-order valence-electron chi connectivity index (χ4n) is 1.42. The molecule has 1 aromatic carbocycles. The number of aliphatic hydroxyl groups excluding tert-OH is 1. The van der Waals surface area contributed by atoms with Crippen molar-refractivity contribution in [3.05, 3.63) is 29.6 Å². The number of nitrogens with one attached hydrogen (secondary N) is 2. The Hall–Kier alpha value is -1.76. The first-order chi connectivity index (χ1) is 8.75. The summed E-state index contributed by atoms with van der Waals surface area (Å²) >= 11 is 0. The average Bonchev–Trinajstić information content (AvgIpc) is 2.24. The second-order valence-electron chi connectivity index (χ2n) is 4.68. The Morgan fingerprint density at radius 1 is 1.21 bits per heavy atom. The maximum atomic E-state index is 13.3. The lowest BCUT2D eigenvalue weighted by Gasteiger charge is -2.25. The van der Waals surface area contributed by atoms with Gasteiger partial charge in [-0.05, 0) is 20.3 Å². The minimum Gasteiger partial charge on any atom is -0.396 e. The van der Waals surface area contributed by atoms with Crippen LogP contribution in [0.5, 0.6) is 0 Å². The van der Waals surface area contributed by atoms with E-state index in [2.05, 4.69) is 10.6 Å². The molecule has 0 heterocycles. The molecule has 0 aliphatic carbocycles. The lowest BCUT2D eigenvalue weighted by Crippen LogP contribution is -2.46. The third-order valence-corrected chi connectivity index (χ3v) is 2.45. The molecule has 0 aromatic heterocycles. The SMILES string of the molecule is CC(C)(CCO)NC(=O)Nc1cc(F)c(F)cc1F. The molecule has 19 heavy (non-hydrogen) atoms. The highest BCUT2D eigenvalue weighted by Crippen LogP contribution is 2.18. The molecule has 0 unspecified atom stereocenters. The molecule has 106 valence electrons. The first kappa shape index (κ1) is 15.3. The number of amides is 2. The summed E-state index contributed by atoms with van der Waals surface area (Å²) < 4.78 is 38.9. The van der Waals surface area contributed by atoms with E-state index < -0.39 is 34.7 Å². The molecule has 0 saturated heterocycles. The third kappa shape index (κ3) is 4.44. The molecule has 0 aliphatic rings. The van der Waals surface area contributed by atoms with Crippen LogP contribution in [0.1, 0.15) is 20.3 Å². The van der Waals surface area contributed by atoms with E-state index in [0.29, 0.717) is 18.6 Å². The van der Waals surface area contributed by atoms with E-state index >= 15 is 0 Å². The molecule has 1 aromatic rings. The van der Waals surface area contributed by atoms with Gasteiger partial charge >= 0.3 is 6.03 Å². The maximum absolute atomic E-state index is 13.3. The molecular formula is C12H15F3N2O2. The molecule has 0 aliphatic heterocycles. The topological polar surface area (TPSA) is 61.4 Å². The van der Waals surface area contributed by atoms with Crippen molar-refractivity contribution >= 4 is 11.7 Å². The van der Waals surface area contributed by atoms with Crippen LogP contribution >= 0.6 is 0 Å². The van der Waals surface area contributed by atoms with E-state index in [1.54, 1.807) is 13.8 Å². The molecule has 7 heteroatoms. The van der Waals surface area contributed by atoms with Gasteiger partial charge in [0.2, 0.25) is 0 Å². The Bertz CT molecular complexity index is 478. The summed E-state index contributed by atoms with van der Waals surface area (Å²) in [4.78, 5) is 11.6. The second kappa shape index (κ2) is 5.92. The van der Waals surface area contributed by atoms with Crippen molar-refractivity contribution in [1.82, 2.24) is 5.32 Å². The molecule has 0 spiro atoms. The van der Waals surface area contributed by atoms with E-state index in [0.717, 1.165) is 0 Å². The van der Waals surface area contributed by atoms with Crippen molar-refractivity contribution in [1.29, 1.82) is 0 Å². The van der Waals surface area contributed by atoms with E-state index in [1.807, 2.05) is 0 Å². The Labute approximate surface area is 108 Å². The highest BCUT2D eigenvalue weighted by Gasteiger charge is 2.20. The van der Waals surface area contributed by atoms with Crippen molar-refractivity contribution in [2.24, 2.45) is 0 Å². The molecule has 4 nitrogen and oxygen atoms in total. The van der Waals surface area contributed by atoms with Crippen LogP contribution < -0.4 is 10.6 Å². The molecule has 0 bridgehead atoms. The monoisotopic (exact) mass is 276 g/mol. The van der Waals surface area contributed by atoms with Crippen LogP contribution in [0.25, 0.3) is 0 Å². The normalized spacial score (nSPS) is 11.3. The number of aliphatic hydroxyl groups is 1. The van der Waals surface area contributed by atoms with E-state index in [9.17, 15) is 18.0 Å². The van der Waals surface area contributed by atoms with Gasteiger partial charge in [-0.3, -0.25) is 0 Å². The first-order valence-corrected chi connectivity index (χ1v) is 5.60. The van der Waals surface area contributed by atoms with E-state index in [1.165, 1.54) is 0 Å². The summed E-state index contributed by atoms with van der Waals surface area (Å²) in [5, 5.41) is 13.3. The highest BCUT2D eigenvalue weighted by molar-refractivity contribution is 5.89. The number of benzene rings is 1. The number of carbonyl (C=O) groups excluding carboxylic acids is 1. The molecule has 1 rings (SSSR count). The van der Waals surface area contributed by atoms with Crippen LogP contribution in [0.2, 0.25) is 0 Å². The van der Waals surface area contributed by atoms with E-state index in [4.69, 9.17) is 5.11 Å². The van der Waals surface area contributed by atoms with Crippen LogP contribution in [-0.4, -0.2) is 23.3 Å². The van der Waals surface area contributed by atoms with Crippen LogP contribution in [0.3, 0.4) is 0 Å². The number of urea groups is 1. The van der Waals surface area contributed by atoms with E-state index in [-0.39, 0.29) is 6.61 Å². The van der Waals surface area contributed by atoms with Gasteiger partial charge in [0.15, 0.2) is 11.6 Å². The van der Waals surface area contributed by atoms with Gasteiger partial charge in [0, 0.05) is 24.3 Å². The Kier molecular flexibility index (Phi) is 4.77. The summed E-state index contributed by atoms with van der Waals surface area (Å²) in [6, 6.07) is 0.135. The largest absolute Gasteiger partial charge is 0.396 e. The van der Waals surface area contributed by atoms with Crippen molar-refractivity contribution in [2.45, 2.75) is 25.8 Å². The number of anilines is 1. The zero-order valence-corrected chi connectivity index (χ0v) is 10.6. The summed E-state index contributed by atoms with van der Waals surface area (Å²) in [6.07, 6.45) is 0.292. The standard InChI is InChI=1S/C12H15F3N2O2/c1-12(2,3-4-18)17-11(19)16-10-6-8(14)7(13)5-9(10)15/h5-6,18H,3-4H2,1-2H3,(H2,16,17,19). The molecule has 0 saturated carbocycles. The Morgan fingerprint density at radius 3 is 2.37 bits per heavy atom. The van der Waals surface area contributed by atoms with Gasteiger partial charge in [0.1, 0.15) is 5.82 Å². The second-order valence-corrected chi connectivity index (χ2v) is 4.68. The lowest BCUT2D eigenvalue weighted by molar-refractivity contribution is 0.218. The molecule has 0 radical (unpaired) electrons. The zero-order chi connectivity index (χ0) is 14.6. The van der Waals surface area contributed by atoms with Crippen molar-refractivity contribution < 1.29 is 23.1 Å². The fourth-order valence-corrected chi connectivity index (χ4v) is 1.42. The van der Waals surface area contributed by atoms with Gasteiger partial charge in [0.05, 0.1) is 5.69 Å². The quantitative estimate of drug-likeness (QED) is 0.739. The summed E-state index contributed by atoms with van der Waals surface area (Å²) in [7, 11) is 0. The van der Waals surface area contributed by atoms with Gasteiger partial charge in [-0.15, -0.1) is 0 Å². The number of halogens is 3. The first-order valence-electron chi connectivity index (χ1n) is 5.60. The Morgan fingerprint density at radius 2 is 1.79 bits per heavy atom. The predicted octanol–water partition coefficient (Wildman–Crippen LogP) is 2.39. The van der Waals surface area contributed by atoms with Crippen molar-refractivity contribution in [3.63, 3.8) is 0 Å². The average molecular weight is 276 g/mol. The smallest absolute Gasteiger partial charge is 0.319 e. The van der Waals surface area contributed by atoms with Gasteiger partial charge in [-0.2, -0.15) is 0 Å². The number of carbonyl (C=O) groups is 1.